The molecule has 0 heterocycles. The Morgan fingerprint density at radius 3 is 0.738 bits per heavy atom. The fraction of sp³-hybridized carbons (Fsp3) is 0.952. The Bertz CT molecular complexity index is 1980. The molecule has 0 aromatic carbocycles. The van der Waals surface area contributed by atoms with Crippen LogP contribution in [-0.2, 0) is 65.4 Å². The number of ether oxygens (including phenoxy) is 4. The molecule has 0 saturated carbocycles. The number of hydrogen-bond acceptors (Lipinski definition) is 15. The normalized spacial score (nSPS) is 14.1. The highest BCUT2D eigenvalue weighted by Gasteiger charge is 2.30. The molecule has 612 valence electrons. The summed E-state index contributed by atoms with van der Waals surface area (Å²) in [6, 6.07) is 0. The van der Waals surface area contributed by atoms with E-state index >= 15 is 0 Å². The van der Waals surface area contributed by atoms with Crippen LogP contribution in [0.2, 0.25) is 0 Å². The number of unbranched alkanes of at least 4 members (excludes halogenated alkanes) is 52. The minimum atomic E-state index is -4.96. The third kappa shape index (κ3) is 76.6. The van der Waals surface area contributed by atoms with E-state index in [2.05, 4.69) is 41.5 Å². The van der Waals surface area contributed by atoms with E-state index in [-0.39, 0.29) is 25.7 Å². The minimum absolute atomic E-state index is 0.107. The van der Waals surface area contributed by atoms with Crippen molar-refractivity contribution in [1.82, 2.24) is 0 Å². The number of carbonyl (C=O) groups is 4. The van der Waals surface area contributed by atoms with E-state index in [0.29, 0.717) is 25.7 Å². The molecule has 0 aliphatic heterocycles. The smallest absolute Gasteiger partial charge is 0.462 e. The molecule has 0 amide bonds. The van der Waals surface area contributed by atoms with Crippen molar-refractivity contribution >= 4 is 39.5 Å². The van der Waals surface area contributed by atoms with Crippen molar-refractivity contribution in [2.45, 2.75) is 464 Å². The van der Waals surface area contributed by atoms with Gasteiger partial charge in [-0.25, -0.2) is 9.13 Å². The molecule has 0 spiro atoms. The zero-order chi connectivity index (χ0) is 75.6. The SMILES string of the molecule is CCCCCCCCCCCCCCCCCCCCC(=O)OC[C@H](COP(=O)(O)OC[C@@H](O)COP(=O)(O)OC[C@@H](COC(=O)CCCCCCCCCCC)OC(=O)CCCCCCCCCCCCCC(C)C)OC(=O)CCCCCCCCCCCCCCCCCCCCC(C)CC. The molecule has 0 aromatic heterocycles. The van der Waals surface area contributed by atoms with Gasteiger partial charge in [0.25, 0.3) is 0 Å². The molecular weight excluding hydrogens is 1340 g/mol. The maximum atomic E-state index is 13.1. The zero-order valence-electron chi connectivity index (χ0n) is 67.6. The molecule has 0 rings (SSSR count). The Hall–Kier alpha value is -1.94. The van der Waals surface area contributed by atoms with Crippen LogP contribution in [0.3, 0.4) is 0 Å². The lowest BCUT2D eigenvalue weighted by molar-refractivity contribution is -0.161. The lowest BCUT2D eigenvalue weighted by Crippen LogP contribution is -2.30. The van der Waals surface area contributed by atoms with Crippen LogP contribution in [0, 0.1) is 11.8 Å². The Morgan fingerprint density at radius 2 is 0.495 bits per heavy atom. The molecular formula is C84H164O17P2. The van der Waals surface area contributed by atoms with Crippen molar-refractivity contribution < 1.29 is 80.2 Å². The largest absolute Gasteiger partial charge is 0.472 e. The van der Waals surface area contributed by atoms with Gasteiger partial charge in [-0.3, -0.25) is 37.3 Å². The molecule has 103 heavy (non-hydrogen) atoms. The van der Waals surface area contributed by atoms with Gasteiger partial charge in [-0.15, -0.1) is 0 Å². The second-order valence-corrected chi connectivity index (χ2v) is 33.8. The molecule has 17 nitrogen and oxygen atoms in total. The summed E-state index contributed by atoms with van der Waals surface area (Å²) in [5.41, 5.74) is 0. The van der Waals surface area contributed by atoms with Crippen LogP contribution in [0.25, 0.3) is 0 Å². The maximum Gasteiger partial charge on any atom is 0.472 e. The van der Waals surface area contributed by atoms with Gasteiger partial charge in [0.1, 0.15) is 19.3 Å². The number of phosphoric acid groups is 2. The van der Waals surface area contributed by atoms with Gasteiger partial charge in [-0.1, -0.05) is 395 Å². The molecule has 0 radical (unpaired) electrons. The number of aliphatic hydroxyl groups excluding tert-OH is 1. The minimum Gasteiger partial charge on any atom is -0.462 e. The van der Waals surface area contributed by atoms with E-state index in [1.807, 2.05) is 0 Å². The molecule has 19 heteroatoms. The van der Waals surface area contributed by atoms with Crippen LogP contribution in [-0.4, -0.2) is 96.7 Å². The van der Waals surface area contributed by atoms with Crippen LogP contribution in [0.5, 0.6) is 0 Å². The second-order valence-electron chi connectivity index (χ2n) is 30.9. The lowest BCUT2D eigenvalue weighted by atomic mass is 9.99. The quantitative estimate of drug-likeness (QED) is 0.0222. The van der Waals surface area contributed by atoms with Gasteiger partial charge in [-0.05, 0) is 37.5 Å². The highest BCUT2D eigenvalue weighted by Crippen LogP contribution is 2.45. The van der Waals surface area contributed by atoms with E-state index in [1.54, 1.807) is 0 Å². The summed E-state index contributed by atoms with van der Waals surface area (Å²) in [7, 11) is -9.92. The van der Waals surface area contributed by atoms with Crippen molar-refractivity contribution in [3.8, 4) is 0 Å². The zero-order valence-corrected chi connectivity index (χ0v) is 69.4. The van der Waals surface area contributed by atoms with Gasteiger partial charge in [0.05, 0.1) is 26.4 Å². The third-order valence-corrected chi connectivity index (χ3v) is 22.0. The van der Waals surface area contributed by atoms with Gasteiger partial charge in [0.15, 0.2) is 12.2 Å². The van der Waals surface area contributed by atoms with E-state index in [0.717, 1.165) is 102 Å². The van der Waals surface area contributed by atoms with Gasteiger partial charge < -0.3 is 33.8 Å². The molecule has 0 fully saturated rings. The Balaban J connectivity index is 5.20. The first kappa shape index (κ1) is 101. The molecule has 3 unspecified atom stereocenters. The van der Waals surface area contributed by atoms with Crippen LogP contribution < -0.4 is 0 Å². The van der Waals surface area contributed by atoms with Crippen molar-refractivity contribution in [1.29, 1.82) is 0 Å². The first-order chi connectivity index (χ1) is 49.9. The fourth-order valence-corrected chi connectivity index (χ4v) is 14.6. The topological polar surface area (TPSA) is 237 Å². The van der Waals surface area contributed by atoms with Gasteiger partial charge in [0, 0.05) is 25.7 Å². The van der Waals surface area contributed by atoms with Crippen molar-refractivity contribution in [3.05, 3.63) is 0 Å². The Labute approximate surface area is 632 Å². The predicted octanol–water partition coefficient (Wildman–Crippen LogP) is 25.5. The van der Waals surface area contributed by atoms with Crippen LogP contribution >= 0.6 is 15.6 Å². The molecule has 6 atom stereocenters. The van der Waals surface area contributed by atoms with Crippen LogP contribution in [0.15, 0.2) is 0 Å². The molecule has 0 aliphatic rings. The summed E-state index contributed by atoms with van der Waals surface area (Å²) in [4.78, 5) is 73.1. The number of carbonyl (C=O) groups excluding carboxylic acids is 4. The molecule has 0 saturated heterocycles. The van der Waals surface area contributed by atoms with E-state index in [1.165, 1.54) is 263 Å². The summed E-state index contributed by atoms with van der Waals surface area (Å²) in [6.07, 6.45) is 66.6. The summed E-state index contributed by atoms with van der Waals surface area (Å²) >= 11 is 0. The highest BCUT2D eigenvalue weighted by molar-refractivity contribution is 7.47. The third-order valence-electron chi connectivity index (χ3n) is 20.1. The first-order valence-corrected chi connectivity index (χ1v) is 46.5. The molecule has 0 aliphatic carbocycles. The first-order valence-electron chi connectivity index (χ1n) is 43.5. The lowest BCUT2D eigenvalue weighted by Gasteiger charge is -2.21. The van der Waals surface area contributed by atoms with Crippen LogP contribution in [0.1, 0.15) is 446 Å². The average molecular weight is 1510 g/mol. The molecule has 0 bridgehead atoms. The van der Waals surface area contributed by atoms with Gasteiger partial charge >= 0.3 is 39.5 Å². The maximum absolute atomic E-state index is 13.1. The second kappa shape index (κ2) is 75.5. The molecule has 0 aromatic rings. The molecule has 3 N–H and O–H groups in total. The Kier molecular flexibility index (Phi) is 74.1. The summed E-state index contributed by atoms with van der Waals surface area (Å²) in [5.74, 6) is -0.470. The summed E-state index contributed by atoms with van der Waals surface area (Å²) < 4.78 is 68.8. The highest BCUT2D eigenvalue weighted by atomic mass is 31.2. The summed E-state index contributed by atoms with van der Waals surface area (Å²) in [6.45, 7) is 9.71. The van der Waals surface area contributed by atoms with E-state index < -0.39 is 97.5 Å². The Morgan fingerprint density at radius 1 is 0.282 bits per heavy atom. The fourth-order valence-electron chi connectivity index (χ4n) is 13.0. The van der Waals surface area contributed by atoms with Crippen molar-refractivity contribution in [2.75, 3.05) is 39.6 Å². The van der Waals surface area contributed by atoms with E-state index in [4.69, 9.17) is 37.0 Å². The van der Waals surface area contributed by atoms with Crippen molar-refractivity contribution in [3.63, 3.8) is 0 Å². The monoisotopic (exact) mass is 1510 g/mol. The number of hydrogen-bond donors (Lipinski definition) is 3. The standard InChI is InChI=1S/C84H164O17P2/c1-7-10-12-14-16-18-19-20-21-22-26-29-32-37-43-49-55-61-67-82(87)95-73-80(101-83(88)68-62-56-50-44-38-33-30-27-24-23-25-28-31-36-42-47-53-59-65-77(6)9-3)75-99-103(92,93)97-71-78(85)70-96-102(90,91)98-74-79(72-94-81(86)66-60-54-48-40-17-15-13-11-8-2)100-84(89)69-63-57-51-45-39-34-35-41-46-52-58-64-76(4)5/h76-80,85H,7-75H2,1-6H3,(H,90,91)(H,92,93)/t77?,78-,79+,80+/m0/s1. The number of rotatable bonds is 83. The number of aliphatic hydroxyl groups is 1. The number of phosphoric ester groups is 2. The number of esters is 4. The van der Waals surface area contributed by atoms with Gasteiger partial charge in [0.2, 0.25) is 0 Å². The average Bonchev–Trinajstić information content (AvgIpc) is 0.909. The van der Waals surface area contributed by atoms with Crippen LogP contribution in [0.4, 0.5) is 0 Å². The van der Waals surface area contributed by atoms with Gasteiger partial charge in [-0.2, -0.15) is 0 Å². The van der Waals surface area contributed by atoms with Crippen molar-refractivity contribution in [2.24, 2.45) is 11.8 Å². The van der Waals surface area contributed by atoms with E-state index in [9.17, 15) is 43.2 Å². The predicted molar refractivity (Wildman–Crippen MR) is 423 cm³/mol. The summed E-state index contributed by atoms with van der Waals surface area (Å²) in [5, 5.41) is 10.7.